The lowest BCUT2D eigenvalue weighted by Crippen LogP contribution is -2.59. The topological polar surface area (TPSA) is 42.4 Å². The average Bonchev–Trinajstić information content (AvgIpc) is 3.00. The van der Waals surface area contributed by atoms with Crippen LogP contribution >= 0.6 is 0 Å². The predicted octanol–water partition coefficient (Wildman–Crippen LogP) is 2.69. The van der Waals surface area contributed by atoms with Crippen LogP contribution in [-0.2, 0) is 11.2 Å². The highest BCUT2D eigenvalue weighted by atomic mass is 19.1. The number of nitrogens with zero attached hydrogens (tertiary/aromatic N) is 2. The van der Waals surface area contributed by atoms with E-state index in [0.717, 1.165) is 31.5 Å². The van der Waals surface area contributed by atoms with E-state index >= 15 is 0 Å². The van der Waals surface area contributed by atoms with Gasteiger partial charge in [-0.2, -0.15) is 0 Å². The molecule has 0 saturated carbocycles. The molecule has 4 nitrogen and oxygen atoms in total. The minimum absolute atomic E-state index is 0.0377. The number of ether oxygens (including phenoxy) is 1. The Bertz CT molecular complexity index is 727. The van der Waals surface area contributed by atoms with E-state index in [1.807, 2.05) is 17.0 Å². The first kappa shape index (κ1) is 15.3. The van der Waals surface area contributed by atoms with Crippen LogP contribution in [0.5, 0.6) is 0 Å². The molecule has 2 fully saturated rings. The quantitative estimate of drug-likeness (QED) is 0.871. The van der Waals surface area contributed by atoms with Gasteiger partial charge in [-0.05, 0) is 42.7 Å². The van der Waals surface area contributed by atoms with Gasteiger partial charge in [-0.1, -0.05) is 12.1 Å². The third kappa shape index (κ3) is 2.91. The van der Waals surface area contributed by atoms with Crippen molar-refractivity contribution in [3.8, 4) is 0 Å². The first-order chi connectivity index (χ1) is 11.6. The monoisotopic (exact) mass is 326 g/mol. The van der Waals surface area contributed by atoms with Crippen LogP contribution in [-0.4, -0.2) is 41.6 Å². The third-order valence-electron chi connectivity index (χ3n) is 4.91. The van der Waals surface area contributed by atoms with Crippen molar-refractivity contribution in [1.82, 2.24) is 9.88 Å². The SMILES string of the molecule is O=C(c1cccnc1)N1CC2(CO[C@@H](Cc3ccc(F)cc3)C2)C1. The number of aromatic nitrogens is 1. The van der Waals surface area contributed by atoms with E-state index in [4.69, 9.17) is 4.74 Å². The largest absolute Gasteiger partial charge is 0.377 e. The lowest BCUT2D eigenvalue weighted by atomic mass is 9.77. The maximum atomic E-state index is 13.0. The van der Waals surface area contributed by atoms with Crippen LogP contribution in [0.1, 0.15) is 22.3 Å². The zero-order valence-corrected chi connectivity index (χ0v) is 13.3. The van der Waals surface area contributed by atoms with Gasteiger partial charge in [0.2, 0.25) is 0 Å². The van der Waals surface area contributed by atoms with Gasteiger partial charge in [-0.3, -0.25) is 9.78 Å². The van der Waals surface area contributed by atoms with Crippen molar-refractivity contribution in [3.63, 3.8) is 0 Å². The van der Waals surface area contributed by atoms with Crippen LogP contribution in [0.3, 0.4) is 0 Å². The van der Waals surface area contributed by atoms with Crippen LogP contribution in [0.15, 0.2) is 48.8 Å². The smallest absolute Gasteiger partial charge is 0.255 e. The summed E-state index contributed by atoms with van der Waals surface area (Å²) in [6.45, 7) is 2.16. The molecule has 1 aromatic heterocycles. The van der Waals surface area contributed by atoms with Crippen LogP contribution in [0.2, 0.25) is 0 Å². The van der Waals surface area contributed by atoms with Crippen LogP contribution in [0.4, 0.5) is 4.39 Å². The fourth-order valence-electron chi connectivity index (χ4n) is 3.71. The van der Waals surface area contributed by atoms with Gasteiger partial charge in [0.05, 0.1) is 18.3 Å². The summed E-state index contributed by atoms with van der Waals surface area (Å²) in [6, 6.07) is 10.2. The zero-order chi connectivity index (χ0) is 16.6. The molecule has 24 heavy (non-hydrogen) atoms. The van der Waals surface area contributed by atoms with E-state index in [0.29, 0.717) is 12.2 Å². The number of halogens is 1. The third-order valence-corrected chi connectivity index (χ3v) is 4.91. The molecule has 4 rings (SSSR count). The molecule has 0 unspecified atom stereocenters. The molecule has 3 heterocycles. The number of hydrogen-bond donors (Lipinski definition) is 0. The maximum absolute atomic E-state index is 13.0. The van der Waals surface area contributed by atoms with Gasteiger partial charge in [0.15, 0.2) is 0 Å². The lowest BCUT2D eigenvalue weighted by molar-refractivity contribution is -0.00136. The summed E-state index contributed by atoms with van der Waals surface area (Å²) < 4.78 is 18.9. The number of carbonyl (C=O) groups is 1. The lowest BCUT2D eigenvalue weighted by Gasteiger charge is -2.47. The second-order valence-electron chi connectivity index (χ2n) is 6.87. The number of hydrogen-bond acceptors (Lipinski definition) is 3. The van der Waals surface area contributed by atoms with E-state index in [-0.39, 0.29) is 23.2 Å². The summed E-state index contributed by atoms with van der Waals surface area (Å²) in [5, 5.41) is 0. The zero-order valence-electron chi connectivity index (χ0n) is 13.3. The standard InChI is InChI=1S/C19H19FN2O2/c20-16-5-3-14(4-6-16)8-17-9-19(13-24-17)11-22(12-19)18(23)15-2-1-7-21-10-15/h1-7,10,17H,8-9,11-13H2/t17-/m0/s1. The van der Waals surface area contributed by atoms with Gasteiger partial charge in [0, 0.05) is 30.9 Å². The van der Waals surface area contributed by atoms with Crippen molar-refractivity contribution in [2.75, 3.05) is 19.7 Å². The number of carbonyl (C=O) groups excluding carboxylic acids is 1. The minimum atomic E-state index is -0.217. The maximum Gasteiger partial charge on any atom is 0.255 e. The molecule has 2 aliphatic heterocycles. The first-order valence-electron chi connectivity index (χ1n) is 8.19. The summed E-state index contributed by atoms with van der Waals surface area (Å²) >= 11 is 0. The number of pyridine rings is 1. The molecule has 124 valence electrons. The minimum Gasteiger partial charge on any atom is -0.377 e. The second kappa shape index (κ2) is 5.98. The molecule has 0 aliphatic carbocycles. The number of amides is 1. The van der Waals surface area contributed by atoms with Crippen molar-refractivity contribution in [1.29, 1.82) is 0 Å². The molecule has 2 aromatic rings. The second-order valence-corrected chi connectivity index (χ2v) is 6.87. The predicted molar refractivity (Wildman–Crippen MR) is 87.0 cm³/mol. The summed E-state index contributed by atoms with van der Waals surface area (Å²) in [5.41, 5.74) is 1.80. The highest BCUT2D eigenvalue weighted by molar-refractivity contribution is 5.94. The van der Waals surface area contributed by atoms with E-state index in [2.05, 4.69) is 4.98 Å². The normalized spacial score (nSPS) is 21.7. The Morgan fingerprint density at radius 3 is 2.79 bits per heavy atom. The fourth-order valence-corrected chi connectivity index (χ4v) is 3.71. The molecule has 0 N–H and O–H groups in total. The van der Waals surface area contributed by atoms with Gasteiger partial charge >= 0.3 is 0 Å². The molecular formula is C19H19FN2O2. The molecule has 2 aliphatic rings. The molecule has 1 aromatic carbocycles. The Morgan fingerprint density at radius 1 is 1.29 bits per heavy atom. The van der Waals surface area contributed by atoms with E-state index in [1.165, 1.54) is 12.1 Å². The Balaban J connectivity index is 1.33. The molecule has 1 spiro atoms. The van der Waals surface area contributed by atoms with Crippen molar-refractivity contribution < 1.29 is 13.9 Å². The molecule has 0 radical (unpaired) electrons. The average molecular weight is 326 g/mol. The Labute approximate surface area is 140 Å². The van der Waals surface area contributed by atoms with Crippen molar-refractivity contribution >= 4 is 5.91 Å². The summed E-state index contributed by atoms with van der Waals surface area (Å²) in [6.07, 6.45) is 5.15. The molecule has 1 amide bonds. The van der Waals surface area contributed by atoms with Gasteiger partial charge in [-0.15, -0.1) is 0 Å². The van der Waals surface area contributed by atoms with E-state index < -0.39 is 0 Å². The van der Waals surface area contributed by atoms with Gasteiger partial charge < -0.3 is 9.64 Å². The Hall–Kier alpha value is -2.27. The number of likely N-dealkylation sites (tertiary alicyclic amines) is 1. The van der Waals surface area contributed by atoms with Gasteiger partial charge in [0.25, 0.3) is 5.91 Å². The highest BCUT2D eigenvalue weighted by Gasteiger charge is 2.50. The summed E-state index contributed by atoms with van der Waals surface area (Å²) in [5.74, 6) is -0.179. The molecular weight excluding hydrogens is 307 g/mol. The van der Waals surface area contributed by atoms with Crippen LogP contribution < -0.4 is 0 Å². The van der Waals surface area contributed by atoms with Gasteiger partial charge in [-0.25, -0.2) is 4.39 Å². The van der Waals surface area contributed by atoms with E-state index in [1.54, 1.807) is 24.5 Å². The van der Waals surface area contributed by atoms with Crippen LogP contribution in [0.25, 0.3) is 0 Å². The summed E-state index contributed by atoms with van der Waals surface area (Å²) in [4.78, 5) is 18.2. The fraction of sp³-hybridized carbons (Fsp3) is 0.368. The molecule has 5 heteroatoms. The molecule has 2 saturated heterocycles. The van der Waals surface area contributed by atoms with Gasteiger partial charge in [0.1, 0.15) is 5.82 Å². The number of benzene rings is 1. The summed E-state index contributed by atoms with van der Waals surface area (Å²) in [7, 11) is 0. The Morgan fingerprint density at radius 2 is 2.08 bits per heavy atom. The first-order valence-corrected chi connectivity index (χ1v) is 8.19. The van der Waals surface area contributed by atoms with Crippen LogP contribution in [0, 0.1) is 11.2 Å². The molecule has 1 atom stereocenters. The highest BCUT2D eigenvalue weighted by Crippen LogP contribution is 2.42. The molecule has 0 bridgehead atoms. The van der Waals surface area contributed by atoms with E-state index in [9.17, 15) is 9.18 Å². The van der Waals surface area contributed by atoms with Crippen molar-refractivity contribution in [2.45, 2.75) is 18.9 Å². The number of rotatable bonds is 3. The Kier molecular flexibility index (Phi) is 3.81. The van der Waals surface area contributed by atoms with Crippen molar-refractivity contribution in [3.05, 3.63) is 65.7 Å². The van der Waals surface area contributed by atoms with Crippen molar-refractivity contribution in [2.24, 2.45) is 5.41 Å².